The first kappa shape index (κ1) is 31.7. The molecular weight excluding hydrogens is 610 g/mol. The summed E-state index contributed by atoms with van der Waals surface area (Å²) in [5, 5.41) is 20.6. The van der Waals surface area contributed by atoms with Gasteiger partial charge in [-0.2, -0.15) is 31.0 Å². The van der Waals surface area contributed by atoms with Gasteiger partial charge in [0.15, 0.2) is 23.6 Å². The monoisotopic (exact) mass is 632 g/mol. The lowest BCUT2D eigenvalue weighted by Crippen LogP contribution is -2.41. The number of aromatic nitrogens is 7. The summed E-state index contributed by atoms with van der Waals surface area (Å²) < 4.78 is 82.7. The molecule has 1 amide bonds. The van der Waals surface area contributed by atoms with Crippen LogP contribution in [0.5, 0.6) is 0 Å². The Bertz CT molecular complexity index is 1690. The highest BCUT2D eigenvalue weighted by Gasteiger charge is 2.40. The number of alkyl halides is 6. The van der Waals surface area contributed by atoms with Gasteiger partial charge in [-0.3, -0.25) is 9.36 Å². The van der Waals surface area contributed by atoms with Crippen molar-refractivity contribution >= 4 is 17.5 Å². The maximum Gasteiger partial charge on any atom is 0.420 e. The third-order valence-electron chi connectivity index (χ3n) is 5.69. The quantitative estimate of drug-likeness (QED) is 0.296. The number of benzene rings is 1. The molecule has 0 radical (unpaired) electrons. The van der Waals surface area contributed by atoms with Gasteiger partial charge in [0.25, 0.3) is 5.91 Å². The fraction of sp³-hybridized carbons (Fsp3) is 0.360. The highest BCUT2D eigenvalue weighted by molar-refractivity contribution is 6.30. The van der Waals surface area contributed by atoms with Crippen LogP contribution in [-0.2, 0) is 19.3 Å². The van der Waals surface area contributed by atoms with Crippen LogP contribution < -0.4 is 11.0 Å². The highest BCUT2D eigenvalue weighted by Crippen LogP contribution is 2.33. The van der Waals surface area contributed by atoms with Crippen molar-refractivity contribution in [3.05, 3.63) is 75.3 Å². The van der Waals surface area contributed by atoms with Gasteiger partial charge in [0, 0.05) is 22.3 Å². The standard InChI is InChI=1S/C25H23ClF6N8O3/c1-23(2,3)35-21(42)20-34-17(36-40(20)19-15(24(27,28)29)5-4-10-33-19)12-39-22(43)38(11-16(41)25(30,31)32)18(37-39)13-6-8-14(26)9-7-13/h4-10,16,41H,11-12H2,1-3H3,(H,35,42)/t16-/m0/s1. The lowest BCUT2D eigenvalue weighted by atomic mass is 10.1. The van der Waals surface area contributed by atoms with Crippen molar-refractivity contribution in [2.45, 2.75) is 57.9 Å². The van der Waals surface area contributed by atoms with Gasteiger partial charge in [-0.1, -0.05) is 11.6 Å². The van der Waals surface area contributed by atoms with Crippen molar-refractivity contribution in [3.8, 4) is 17.2 Å². The highest BCUT2D eigenvalue weighted by atomic mass is 35.5. The Kier molecular flexibility index (Phi) is 8.43. The Morgan fingerprint density at radius 2 is 1.70 bits per heavy atom. The number of pyridine rings is 1. The second-order valence-electron chi connectivity index (χ2n) is 10.3. The third kappa shape index (κ3) is 7.22. The van der Waals surface area contributed by atoms with Gasteiger partial charge in [-0.15, -0.1) is 10.2 Å². The minimum absolute atomic E-state index is 0.168. The average Bonchev–Trinajstić information content (AvgIpc) is 3.44. The zero-order valence-electron chi connectivity index (χ0n) is 22.6. The van der Waals surface area contributed by atoms with Crippen molar-refractivity contribution in [3.63, 3.8) is 0 Å². The summed E-state index contributed by atoms with van der Waals surface area (Å²) in [7, 11) is 0. The second kappa shape index (κ2) is 11.4. The largest absolute Gasteiger partial charge is 0.420 e. The van der Waals surface area contributed by atoms with Gasteiger partial charge in [-0.25, -0.2) is 19.4 Å². The molecule has 230 valence electrons. The molecule has 0 bridgehead atoms. The molecular formula is C25H23ClF6N8O3. The van der Waals surface area contributed by atoms with Crippen LogP contribution in [0.3, 0.4) is 0 Å². The van der Waals surface area contributed by atoms with Crippen molar-refractivity contribution in [1.29, 1.82) is 0 Å². The fourth-order valence-corrected chi connectivity index (χ4v) is 3.96. The molecule has 0 aliphatic heterocycles. The Hall–Kier alpha value is -4.25. The number of rotatable bonds is 7. The van der Waals surface area contributed by atoms with Gasteiger partial charge in [0.05, 0.1) is 6.54 Å². The van der Waals surface area contributed by atoms with E-state index in [4.69, 9.17) is 11.6 Å². The minimum atomic E-state index is -5.06. The van der Waals surface area contributed by atoms with Crippen LogP contribution in [0.25, 0.3) is 17.2 Å². The van der Waals surface area contributed by atoms with Crippen molar-refractivity contribution in [1.82, 2.24) is 39.4 Å². The predicted molar refractivity (Wildman–Crippen MR) is 139 cm³/mol. The maximum atomic E-state index is 13.8. The molecule has 4 rings (SSSR count). The number of carbonyl (C=O) groups is 1. The normalized spacial score (nSPS) is 13.3. The second-order valence-corrected chi connectivity index (χ2v) is 10.7. The summed E-state index contributed by atoms with van der Waals surface area (Å²) in [5.41, 5.74) is -3.03. The maximum absolute atomic E-state index is 13.8. The van der Waals surface area contributed by atoms with Gasteiger partial charge in [0.2, 0.25) is 5.82 Å². The lowest BCUT2D eigenvalue weighted by Gasteiger charge is -2.20. The van der Waals surface area contributed by atoms with Crippen molar-refractivity contribution in [2.24, 2.45) is 0 Å². The summed E-state index contributed by atoms with van der Waals surface area (Å²) in [4.78, 5) is 34.1. The van der Waals surface area contributed by atoms with E-state index in [1.54, 1.807) is 20.8 Å². The Morgan fingerprint density at radius 3 is 2.28 bits per heavy atom. The van der Waals surface area contributed by atoms with Gasteiger partial charge in [0.1, 0.15) is 12.1 Å². The molecule has 18 heteroatoms. The van der Waals surface area contributed by atoms with E-state index in [-0.39, 0.29) is 22.2 Å². The lowest BCUT2D eigenvalue weighted by molar-refractivity contribution is -0.207. The third-order valence-corrected chi connectivity index (χ3v) is 5.94. The molecule has 1 atom stereocenters. The Morgan fingerprint density at radius 1 is 1.05 bits per heavy atom. The number of amides is 1. The number of aliphatic hydroxyl groups is 1. The SMILES string of the molecule is CC(C)(C)NC(=O)c1nc(Cn2nc(-c3ccc(Cl)cc3)n(C[C@H](O)C(F)(F)F)c2=O)nn1-c1ncccc1C(F)(F)F. The molecule has 0 aliphatic carbocycles. The van der Waals surface area contributed by atoms with Gasteiger partial charge >= 0.3 is 18.0 Å². The molecule has 11 nitrogen and oxygen atoms in total. The Labute approximate surface area is 243 Å². The first-order valence-corrected chi connectivity index (χ1v) is 12.7. The number of hydrogen-bond donors (Lipinski definition) is 2. The topological polar surface area (TPSA) is 133 Å². The van der Waals surface area contributed by atoms with Crippen molar-refractivity contribution < 1.29 is 36.2 Å². The van der Waals surface area contributed by atoms with Crippen LogP contribution in [-0.4, -0.2) is 62.9 Å². The van der Waals surface area contributed by atoms with E-state index in [1.807, 2.05) is 0 Å². The van der Waals surface area contributed by atoms with E-state index in [0.717, 1.165) is 18.3 Å². The van der Waals surface area contributed by atoms with E-state index < -0.39 is 65.9 Å². The summed E-state index contributed by atoms with van der Waals surface area (Å²) >= 11 is 5.89. The van der Waals surface area contributed by atoms with E-state index in [9.17, 15) is 41.0 Å². The number of nitrogens with one attached hydrogen (secondary N) is 1. The molecule has 3 heterocycles. The first-order chi connectivity index (χ1) is 19.8. The Balaban J connectivity index is 1.84. The zero-order valence-corrected chi connectivity index (χ0v) is 23.3. The van der Waals surface area contributed by atoms with E-state index in [1.165, 1.54) is 24.3 Å². The summed E-state index contributed by atoms with van der Waals surface area (Å²) in [6.45, 7) is 2.96. The van der Waals surface area contributed by atoms with Crippen LogP contribution in [0, 0.1) is 0 Å². The smallest absolute Gasteiger partial charge is 0.382 e. The van der Waals surface area contributed by atoms with E-state index in [2.05, 4.69) is 25.5 Å². The zero-order chi connectivity index (χ0) is 31.9. The molecule has 0 fully saturated rings. The van der Waals surface area contributed by atoms with Crippen LogP contribution >= 0.6 is 11.6 Å². The predicted octanol–water partition coefficient (Wildman–Crippen LogP) is 3.86. The van der Waals surface area contributed by atoms with Crippen molar-refractivity contribution in [2.75, 3.05) is 0 Å². The molecule has 3 aromatic heterocycles. The van der Waals surface area contributed by atoms with Gasteiger partial charge in [-0.05, 0) is 57.2 Å². The number of hydrogen-bond acceptors (Lipinski definition) is 7. The molecule has 2 N–H and O–H groups in total. The van der Waals surface area contributed by atoms with Crippen LogP contribution in [0.4, 0.5) is 26.3 Å². The molecule has 0 aliphatic rings. The summed E-state index contributed by atoms with van der Waals surface area (Å²) in [5.74, 6) is -2.96. The molecule has 0 saturated carbocycles. The molecule has 0 saturated heterocycles. The molecule has 4 aromatic rings. The molecule has 0 unspecified atom stereocenters. The minimum Gasteiger partial charge on any atom is -0.382 e. The summed E-state index contributed by atoms with van der Waals surface area (Å²) in [6.07, 6.45) is -11.8. The van der Waals surface area contributed by atoms with E-state index >= 15 is 0 Å². The fourth-order valence-electron chi connectivity index (χ4n) is 3.83. The number of carbonyl (C=O) groups excluding carboxylic acids is 1. The molecule has 1 aromatic carbocycles. The molecule has 0 spiro atoms. The molecule has 43 heavy (non-hydrogen) atoms. The van der Waals surface area contributed by atoms with E-state index in [0.29, 0.717) is 13.9 Å². The summed E-state index contributed by atoms with van der Waals surface area (Å²) in [6, 6.07) is 7.34. The first-order valence-electron chi connectivity index (χ1n) is 12.3. The average molecular weight is 633 g/mol. The van der Waals surface area contributed by atoms with Crippen LogP contribution in [0.1, 0.15) is 42.8 Å². The number of halogens is 7. The number of nitrogens with zero attached hydrogens (tertiary/aromatic N) is 7. The van der Waals surface area contributed by atoms with Gasteiger partial charge < -0.3 is 10.4 Å². The van der Waals surface area contributed by atoms with Crippen LogP contribution in [0.15, 0.2) is 47.4 Å². The van der Waals surface area contributed by atoms with Crippen LogP contribution in [0.2, 0.25) is 5.02 Å². The number of aliphatic hydroxyl groups excluding tert-OH is 1.